The van der Waals surface area contributed by atoms with E-state index in [1.165, 1.54) is 23.1 Å². The number of halogens is 3. The molecule has 0 radical (unpaired) electrons. The zero-order valence-electron chi connectivity index (χ0n) is 8.94. The molecule has 0 fully saturated rings. The summed E-state index contributed by atoms with van der Waals surface area (Å²) in [6, 6.07) is 4.38. The molecule has 0 unspecified atom stereocenters. The predicted octanol–water partition coefficient (Wildman–Crippen LogP) is 2.22. The van der Waals surface area contributed by atoms with E-state index in [9.17, 15) is 13.6 Å². The zero-order valence-corrected chi connectivity index (χ0v) is 9.70. The van der Waals surface area contributed by atoms with Crippen LogP contribution in [0.2, 0.25) is 5.02 Å². The van der Waals surface area contributed by atoms with Gasteiger partial charge in [0.25, 0.3) is 6.43 Å². The molecule has 1 aromatic carbocycles. The molecule has 1 rings (SSSR count). The lowest BCUT2D eigenvalue weighted by Gasteiger charge is -2.24. The molecule has 1 N–H and O–H groups in total. The number of hydrogen-bond acceptors (Lipinski definition) is 3. The summed E-state index contributed by atoms with van der Waals surface area (Å²) >= 11 is 5.90. The fraction of sp³-hybridized carbons (Fsp3) is 0.364. The molecule has 0 aliphatic heterocycles. The minimum atomic E-state index is -2.52. The van der Waals surface area contributed by atoms with Crippen LogP contribution in [0, 0.1) is 0 Å². The Balaban J connectivity index is 2.96. The lowest BCUT2D eigenvalue weighted by atomic mass is 10.2. The monoisotopic (exact) mass is 263 g/mol. The fourth-order valence-corrected chi connectivity index (χ4v) is 1.76. The molecular weight excluding hydrogens is 252 g/mol. The Morgan fingerprint density at radius 3 is 2.65 bits per heavy atom. The Labute approximate surface area is 103 Å². The number of rotatable bonds is 6. The molecule has 6 heteroatoms. The Kier molecular flexibility index (Phi) is 5.31. The summed E-state index contributed by atoms with van der Waals surface area (Å²) in [7, 11) is 0. The highest BCUT2D eigenvalue weighted by molar-refractivity contribution is 6.33. The average Bonchev–Trinajstić information content (AvgIpc) is 2.27. The molecule has 0 saturated heterocycles. The summed E-state index contributed by atoms with van der Waals surface area (Å²) in [5.74, 6) is 0. The maximum absolute atomic E-state index is 12.3. The smallest absolute Gasteiger partial charge is 0.255 e. The van der Waals surface area contributed by atoms with Crippen molar-refractivity contribution in [3.8, 4) is 0 Å². The third kappa shape index (κ3) is 3.94. The second-order valence-corrected chi connectivity index (χ2v) is 3.80. The van der Waals surface area contributed by atoms with E-state index in [0.29, 0.717) is 17.5 Å². The van der Waals surface area contributed by atoms with Gasteiger partial charge in [0, 0.05) is 12.1 Å². The van der Waals surface area contributed by atoms with Crippen molar-refractivity contribution in [3.05, 3.63) is 28.8 Å². The van der Waals surface area contributed by atoms with Crippen LogP contribution in [0.3, 0.4) is 0 Å². The molecule has 0 amide bonds. The summed E-state index contributed by atoms with van der Waals surface area (Å²) in [6.45, 7) is -0.705. The van der Waals surface area contributed by atoms with E-state index >= 15 is 0 Å². The van der Waals surface area contributed by atoms with Crippen LogP contribution in [-0.2, 0) is 0 Å². The van der Waals surface area contributed by atoms with Crippen LogP contribution >= 0.6 is 11.6 Å². The molecule has 17 heavy (non-hydrogen) atoms. The molecule has 0 spiro atoms. The van der Waals surface area contributed by atoms with Crippen molar-refractivity contribution in [2.45, 2.75) is 6.43 Å². The molecule has 0 aliphatic rings. The highest BCUT2D eigenvalue weighted by Crippen LogP contribution is 2.26. The van der Waals surface area contributed by atoms with E-state index in [0.717, 1.165) is 0 Å². The van der Waals surface area contributed by atoms with E-state index < -0.39 is 13.0 Å². The Bertz CT molecular complexity index is 388. The summed E-state index contributed by atoms with van der Waals surface area (Å²) in [6.07, 6.45) is -1.90. The number of aliphatic hydroxyl groups excluding tert-OH is 1. The summed E-state index contributed by atoms with van der Waals surface area (Å²) in [4.78, 5) is 11.8. The number of benzene rings is 1. The van der Waals surface area contributed by atoms with Gasteiger partial charge in [-0.3, -0.25) is 4.79 Å². The van der Waals surface area contributed by atoms with Crippen molar-refractivity contribution in [2.24, 2.45) is 0 Å². The highest BCUT2D eigenvalue weighted by atomic mass is 35.5. The quantitative estimate of drug-likeness (QED) is 0.800. The van der Waals surface area contributed by atoms with Gasteiger partial charge in [0.1, 0.15) is 6.29 Å². The largest absolute Gasteiger partial charge is 0.395 e. The molecule has 0 aliphatic carbocycles. The fourth-order valence-electron chi connectivity index (χ4n) is 1.45. The van der Waals surface area contributed by atoms with Gasteiger partial charge in [0.05, 0.1) is 23.9 Å². The molecule has 0 bridgehead atoms. The number of carbonyl (C=O) groups excluding carboxylic acids is 1. The molecule has 0 aromatic heterocycles. The molecule has 0 heterocycles. The number of anilines is 1. The van der Waals surface area contributed by atoms with Crippen LogP contribution in [0.4, 0.5) is 14.5 Å². The minimum Gasteiger partial charge on any atom is -0.395 e. The summed E-state index contributed by atoms with van der Waals surface area (Å²) < 4.78 is 24.7. The Morgan fingerprint density at radius 1 is 1.47 bits per heavy atom. The first kappa shape index (κ1) is 13.9. The molecule has 94 valence electrons. The number of nitrogens with zero attached hydrogens (tertiary/aromatic N) is 1. The van der Waals surface area contributed by atoms with Gasteiger partial charge < -0.3 is 10.0 Å². The minimum absolute atomic E-state index is 0.0600. The summed E-state index contributed by atoms with van der Waals surface area (Å²) in [5.41, 5.74) is 0.756. The van der Waals surface area contributed by atoms with Gasteiger partial charge in [0.15, 0.2) is 0 Å². The van der Waals surface area contributed by atoms with Gasteiger partial charge in [-0.15, -0.1) is 0 Å². The number of aldehydes is 1. The van der Waals surface area contributed by atoms with Gasteiger partial charge in [-0.25, -0.2) is 8.78 Å². The van der Waals surface area contributed by atoms with Crippen LogP contribution in [0.5, 0.6) is 0 Å². The van der Waals surface area contributed by atoms with Crippen LogP contribution in [0.1, 0.15) is 10.4 Å². The van der Waals surface area contributed by atoms with E-state index in [4.69, 9.17) is 16.7 Å². The van der Waals surface area contributed by atoms with Crippen LogP contribution in [0.25, 0.3) is 0 Å². The Hall–Kier alpha value is -1.20. The van der Waals surface area contributed by atoms with Crippen molar-refractivity contribution in [3.63, 3.8) is 0 Å². The van der Waals surface area contributed by atoms with Crippen LogP contribution in [0.15, 0.2) is 18.2 Å². The number of aliphatic hydroxyl groups is 1. The first-order chi connectivity index (χ1) is 8.08. The van der Waals surface area contributed by atoms with Gasteiger partial charge in [0.2, 0.25) is 0 Å². The SMILES string of the molecule is O=Cc1ccc(N(CCO)CC(F)F)c(Cl)c1. The molecule has 3 nitrogen and oxygen atoms in total. The molecular formula is C11H12ClF2NO2. The van der Waals surface area contributed by atoms with Gasteiger partial charge in [-0.05, 0) is 18.2 Å². The van der Waals surface area contributed by atoms with Crippen molar-refractivity contribution in [1.82, 2.24) is 0 Å². The van der Waals surface area contributed by atoms with E-state index in [1.54, 1.807) is 0 Å². The van der Waals surface area contributed by atoms with Crippen molar-refractivity contribution < 1.29 is 18.7 Å². The average molecular weight is 264 g/mol. The van der Waals surface area contributed by atoms with Gasteiger partial charge in [-0.2, -0.15) is 0 Å². The maximum Gasteiger partial charge on any atom is 0.255 e. The number of alkyl halides is 2. The number of carbonyl (C=O) groups is 1. The second-order valence-electron chi connectivity index (χ2n) is 3.39. The third-order valence-electron chi connectivity index (χ3n) is 2.18. The van der Waals surface area contributed by atoms with Gasteiger partial charge in [-0.1, -0.05) is 11.6 Å². The normalized spacial score (nSPS) is 10.6. The van der Waals surface area contributed by atoms with E-state index in [1.807, 2.05) is 0 Å². The Morgan fingerprint density at radius 2 is 2.18 bits per heavy atom. The lowest BCUT2D eigenvalue weighted by molar-refractivity contribution is 0.112. The molecule has 1 aromatic rings. The first-order valence-electron chi connectivity index (χ1n) is 4.97. The highest BCUT2D eigenvalue weighted by Gasteiger charge is 2.15. The summed E-state index contributed by atoms with van der Waals surface area (Å²) in [5, 5.41) is 9.03. The molecule has 0 saturated carbocycles. The van der Waals surface area contributed by atoms with E-state index in [-0.39, 0.29) is 18.2 Å². The van der Waals surface area contributed by atoms with Crippen molar-refractivity contribution >= 4 is 23.6 Å². The number of hydrogen-bond donors (Lipinski definition) is 1. The van der Waals surface area contributed by atoms with Crippen LogP contribution < -0.4 is 4.90 Å². The van der Waals surface area contributed by atoms with Crippen molar-refractivity contribution in [1.29, 1.82) is 0 Å². The van der Waals surface area contributed by atoms with Gasteiger partial charge >= 0.3 is 0 Å². The second kappa shape index (κ2) is 6.51. The van der Waals surface area contributed by atoms with Crippen LogP contribution in [-0.4, -0.2) is 37.5 Å². The predicted molar refractivity (Wildman–Crippen MR) is 62.1 cm³/mol. The zero-order chi connectivity index (χ0) is 12.8. The lowest BCUT2D eigenvalue weighted by Crippen LogP contribution is -2.31. The standard InChI is InChI=1S/C11H12ClF2NO2/c12-9-5-8(7-17)1-2-10(9)15(3-4-16)6-11(13)14/h1-2,5,7,11,16H,3-4,6H2. The van der Waals surface area contributed by atoms with Crippen molar-refractivity contribution in [2.75, 3.05) is 24.6 Å². The van der Waals surface area contributed by atoms with E-state index in [2.05, 4.69) is 0 Å². The topological polar surface area (TPSA) is 40.5 Å². The third-order valence-corrected chi connectivity index (χ3v) is 2.48. The first-order valence-corrected chi connectivity index (χ1v) is 5.35. The molecule has 0 atom stereocenters. The maximum atomic E-state index is 12.3.